The largest absolute Gasteiger partial charge is 0.482 e. The Morgan fingerprint density at radius 3 is 2.84 bits per heavy atom. The second-order valence-electron chi connectivity index (χ2n) is 5.73. The van der Waals surface area contributed by atoms with E-state index in [0.29, 0.717) is 11.4 Å². The molecule has 0 aromatic heterocycles. The van der Waals surface area contributed by atoms with E-state index in [1.807, 2.05) is 13.0 Å². The molecule has 25 heavy (non-hydrogen) atoms. The van der Waals surface area contributed by atoms with Gasteiger partial charge in [0.25, 0.3) is 5.91 Å². The molecule has 5 nitrogen and oxygen atoms in total. The van der Waals surface area contributed by atoms with Crippen LogP contribution in [0.2, 0.25) is 0 Å². The van der Waals surface area contributed by atoms with Crippen molar-refractivity contribution in [2.45, 2.75) is 13.3 Å². The summed E-state index contributed by atoms with van der Waals surface area (Å²) in [6.45, 7) is 1.90. The van der Waals surface area contributed by atoms with Crippen molar-refractivity contribution >= 4 is 23.2 Å². The number of hydrogen-bond donors (Lipinski definition) is 1. The van der Waals surface area contributed by atoms with Crippen molar-refractivity contribution in [3.8, 4) is 5.75 Å². The summed E-state index contributed by atoms with van der Waals surface area (Å²) in [4.78, 5) is 25.6. The number of anilines is 2. The molecule has 0 radical (unpaired) electrons. The van der Waals surface area contributed by atoms with Gasteiger partial charge in [0.2, 0.25) is 5.91 Å². The second kappa shape index (κ2) is 6.88. The molecule has 0 saturated carbocycles. The van der Waals surface area contributed by atoms with E-state index in [2.05, 4.69) is 5.32 Å². The first-order chi connectivity index (χ1) is 11.9. The summed E-state index contributed by atoms with van der Waals surface area (Å²) in [5.41, 5.74) is 1.32. The minimum atomic E-state index is -0.724. The monoisotopic (exact) mass is 346 g/mol. The lowest BCUT2D eigenvalue weighted by molar-refractivity contribution is -0.121. The molecule has 7 heteroatoms. The topological polar surface area (TPSA) is 58.6 Å². The standard InChI is InChI=1S/C18H16F2N2O3/c1-11-2-5-16-15(8-11)22(18(24)10-25-16)7-6-17(23)21-14-9-12(19)3-4-13(14)20/h2-5,8-9H,6-7,10H2,1H3,(H,21,23). The zero-order valence-corrected chi connectivity index (χ0v) is 13.5. The van der Waals surface area contributed by atoms with Crippen LogP contribution in [0.3, 0.4) is 0 Å². The fourth-order valence-corrected chi connectivity index (χ4v) is 2.58. The quantitative estimate of drug-likeness (QED) is 0.926. The van der Waals surface area contributed by atoms with E-state index in [1.165, 1.54) is 4.90 Å². The molecule has 2 aromatic carbocycles. The minimum Gasteiger partial charge on any atom is -0.482 e. The van der Waals surface area contributed by atoms with Crippen LogP contribution in [0.15, 0.2) is 36.4 Å². The summed E-state index contributed by atoms with van der Waals surface area (Å²) in [5, 5.41) is 2.32. The zero-order chi connectivity index (χ0) is 18.0. The van der Waals surface area contributed by atoms with Crippen LogP contribution in [-0.4, -0.2) is 25.0 Å². The van der Waals surface area contributed by atoms with Gasteiger partial charge in [-0.25, -0.2) is 8.78 Å². The van der Waals surface area contributed by atoms with Crippen LogP contribution >= 0.6 is 0 Å². The van der Waals surface area contributed by atoms with Crippen LogP contribution in [0.4, 0.5) is 20.2 Å². The number of rotatable bonds is 4. The van der Waals surface area contributed by atoms with Crippen molar-refractivity contribution < 1.29 is 23.1 Å². The Labute approximate surface area is 143 Å². The van der Waals surface area contributed by atoms with Gasteiger partial charge in [-0.3, -0.25) is 9.59 Å². The lowest BCUT2D eigenvalue weighted by Crippen LogP contribution is -2.40. The zero-order valence-electron chi connectivity index (χ0n) is 13.5. The fourth-order valence-electron chi connectivity index (χ4n) is 2.58. The summed E-state index contributed by atoms with van der Waals surface area (Å²) in [6, 6.07) is 8.26. The number of ether oxygens (including phenoxy) is 1. The van der Waals surface area contributed by atoms with Crippen LogP contribution in [0, 0.1) is 18.6 Å². The second-order valence-corrected chi connectivity index (χ2v) is 5.73. The van der Waals surface area contributed by atoms with Gasteiger partial charge < -0.3 is 15.0 Å². The third-order valence-electron chi connectivity index (χ3n) is 3.82. The molecule has 2 amide bonds. The SMILES string of the molecule is Cc1ccc2c(c1)N(CCC(=O)Nc1cc(F)ccc1F)C(=O)CO2. The number of hydrogen-bond acceptors (Lipinski definition) is 3. The number of benzene rings is 2. The number of carbonyl (C=O) groups excluding carboxylic acids is 2. The molecule has 0 bridgehead atoms. The van der Waals surface area contributed by atoms with Gasteiger partial charge in [0.05, 0.1) is 11.4 Å². The van der Waals surface area contributed by atoms with Crippen molar-refractivity contribution in [1.29, 1.82) is 0 Å². The minimum absolute atomic E-state index is 0.0604. The van der Waals surface area contributed by atoms with Crippen LogP contribution < -0.4 is 15.0 Å². The fraction of sp³-hybridized carbons (Fsp3) is 0.222. The average Bonchev–Trinajstić information content (AvgIpc) is 2.57. The molecule has 3 rings (SSSR count). The van der Waals surface area contributed by atoms with Crippen molar-refractivity contribution in [1.82, 2.24) is 0 Å². The van der Waals surface area contributed by atoms with E-state index < -0.39 is 17.5 Å². The van der Waals surface area contributed by atoms with Gasteiger partial charge in [-0.05, 0) is 36.8 Å². The maximum atomic E-state index is 13.6. The van der Waals surface area contributed by atoms with Crippen LogP contribution in [0.25, 0.3) is 0 Å². The van der Waals surface area contributed by atoms with Crippen molar-refractivity contribution in [2.24, 2.45) is 0 Å². The Hall–Kier alpha value is -2.96. The normalized spacial score (nSPS) is 13.2. The molecule has 0 unspecified atom stereocenters. The Morgan fingerprint density at radius 1 is 1.24 bits per heavy atom. The van der Waals surface area contributed by atoms with Crippen LogP contribution in [-0.2, 0) is 9.59 Å². The summed E-state index contributed by atoms with van der Waals surface area (Å²) < 4.78 is 32.1. The first-order valence-corrected chi connectivity index (χ1v) is 7.73. The first-order valence-electron chi connectivity index (χ1n) is 7.73. The van der Waals surface area contributed by atoms with E-state index in [4.69, 9.17) is 4.74 Å². The highest BCUT2D eigenvalue weighted by molar-refractivity contribution is 5.99. The summed E-state index contributed by atoms with van der Waals surface area (Å²) in [5.74, 6) is -1.58. The number of carbonyl (C=O) groups is 2. The van der Waals surface area contributed by atoms with E-state index >= 15 is 0 Å². The van der Waals surface area contributed by atoms with E-state index in [1.54, 1.807) is 12.1 Å². The molecule has 0 spiro atoms. The third kappa shape index (κ3) is 3.76. The third-order valence-corrected chi connectivity index (χ3v) is 3.82. The first kappa shape index (κ1) is 16.9. The number of nitrogens with zero attached hydrogens (tertiary/aromatic N) is 1. The van der Waals surface area contributed by atoms with Gasteiger partial charge in [-0.2, -0.15) is 0 Å². The molecule has 0 aliphatic carbocycles. The molecule has 0 saturated heterocycles. The Bertz CT molecular complexity index is 839. The van der Waals surface area contributed by atoms with Gasteiger partial charge in [0.1, 0.15) is 17.4 Å². The molecule has 2 aromatic rings. The number of aryl methyl sites for hydroxylation is 1. The highest BCUT2D eigenvalue weighted by Gasteiger charge is 2.26. The van der Waals surface area contributed by atoms with Gasteiger partial charge in [0.15, 0.2) is 6.61 Å². The average molecular weight is 346 g/mol. The summed E-state index contributed by atoms with van der Waals surface area (Å²) in [6.07, 6.45) is -0.0604. The van der Waals surface area contributed by atoms with Crippen LogP contribution in [0.1, 0.15) is 12.0 Å². The van der Waals surface area contributed by atoms with Gasteiger partial charge >= 0.3 is 0 Å². The predicted octanol–water partition coefficient (Wildman–Crippen LogP) is 3.03. The van der Waals surface area contributed by atoms with Gasteiger partial charge in [-0.15, -0.1) is 0 Å². The molecule has 1 aliphatic rings. The van der Waals surface area contributed by atoms with Gasteiger partial charge in [-0.1, -0.05) is 6.07 Å². The Balaban J connectivity index is 1.69. The maximum absolute atomic E-state index is 13.6. The molecule has 1 aliphatic heterocycles. The predicted molar refractivity (Wildman–Crippen MR) is 88.6 cm³/mol. The van der Waals surface area contributed by atoms with Crippen LogP contribution in [0.5, 0.6) is 5.75 Å². The van der Waals surface area contributed by atoms with Crippen molar-refractivity contribution in [3.63, 3.8) is 0 Å². The highest BCUT2D eigenvalue weighted by Crippen LogP contribution is 2.32. The molecule has 1 heterocycles. The molecular weight excluding hydrogens is 330 g/mol. The van der Waals surface area contributed by atoms with Crippen molar-refractivity contribution in [3.05, 3.63) is 53.6 Å². The molecular formula is C18H16F2N2O3. The summed E-state index contributed by atoms with van der Waals surface area (Å²) in [7, 11) is 0. The lowest BCUT2D eigenvalue weighted by atomic mass is 10.1. The Kier molecular flexibility index (Phi) is 4.65. The smallest absolute Gasteiger partial charge is 0.265 e. The number of fused-ring (bicyclic) bond motifs is 1. The number of nitrogens with one attached hydrogen (secondary N) is 1. The maximum Gasteiger partial charge on any atom is 0.265 e. The van der Waals surface area contributed by atoms with E-state index in [0.717, 1.165) is 23.8 Å². The van der Waals surface area contributed by atoms with E-state index in [-0.39, 0.29) is 31.2 Å². The molecule has 1 N–H and O–H groups in total. The lowest BCUT2D eigenvalue weighted by Gasteiger charge is -2.29. The molecule has 0 atom stereocenters. The molecule has 130 valence electrons. The van der Waals surface area contributed by atoms with Crippen molar-refractivity contribution in [2.75, 3.05) is 23.4 Å². The number of amides is 2. The highest BCUT2D eigenvalue weighted by atomic mass is 19.1. The van der Waals surface area contributed by atoms with E-state index in [9.17, 15) is 18.4 Å². The van der Waals surface area contributed by atoms with Gasteiger partial charge in [0, 0.05) is 19.0 Å². The molecule has 0 fully saturated rings. The Morgan fingerprint density at radius 2 is 2.04 bits per heavy atom. The number of halogens is 2. The summed E-state index contributed by atoms with van der Waals surface area (Å²) >= 11 is 0.